The zero-order chi connectivity index (χ0) is 18.2. The van der Waals surface area contributed by atoms with Gasteiger partial charge in [0, 0.05) is 10.6 Å². The summed E-state index contributed by atoms with van der Waals surface area (Å²) in [6, 6.07) is 12.7. The number of hydrogen-bond acceptors (Lipinski definition) is 4. The van der Waals surface area contributed by atoms with Crippen molar-refractivity contribution in [2.24, 2.45) is 5.10 Å². The molecule has 0 saturated heterocycles. The molecule has 1 unspecified atom stereocenters. The summed E-state index contributed by atoms with van der Waals surface area (Å²) in [5.41, 5.74) is 4.12. The van der Waals surface area contributed by atoms with Crippen LogP contribution in [0.2, 0.25) is 5.02 Å². The Morgan fingerprint density at radius 1 is 1.28 bits per heavy atom. The summed E-state index contributed by atoms with van der Waals surface area (Å²) in [6.07, 6.45) is 0.850. The third-order valence-electron chi connectivity index (χ3n) is 3.41. The van der Waals surface area contributed by atoms with Gasteiger partial charge in [-0.1, -0.05) is 23.7 Å². The molecule has 2 aromatic carbocycles. The van der Waals surface area contributed by atoms with E-state index in [2.05, 4.69) is 10.5 Å². The van der Waals surface area contributed by atoms with Gasteiger partial charge in [-0.2, -0.15) is 5.10 Å². The molecule has 0 aliphatic heterocycles. The number of hydrazone groups is 1. The van der Waals surface area contributed by atoms with Gasteiger partial charge >= 0.3 is 0 Å². The largest absolute Gasteiger partial charge is 0.493 e. The van der Waals surface area contributed by atoms with E-state index in [4.69, 9.17) is 21.1 Å². The Hall–Kier alpha value is -2.53. The van der Waals surface area contributed by atoms with E-state index in [0.29, 0.717) is 23.1 Å². The highest BCUT2D eigenvalue weighted by Crippen LogP contribution is 2.22. The van der Waals surface area contributed by atoms with Crippen LogP contribution in [0.25, 0.3) is 0 Å². The van der Waals surface area contributed by atoms with Crippen LogP contribution in [0.1, 0.15) is 25.0 Å². The highest BCUT2D eigenvalue weighted by Gasteiger charge is 2.15. The number of benzene rings is 2. The Labute approximate surface area is 152 Å². The van der Waals surface area contributed by atoms with Gasteiger partial charge in [-0.25, -0.2) is 5.43 Å². The van der Waals surface area contributed by atoms with Gasteiger partial charge < -0.3 is 9.47 Å². The molecule has 1 atom stereocenters. The topological polar surface area (TPSA) is 59.9 Å². The maximum absolute atomic E-state index is 12.1. The van der Waals surface area contributed by atoms with Gasteiger partial charge in [0.15, 0.2) is 6.10 Å². The van der Waals surface area contributed by atoms with E-state index >= 15 is 0 Å². The van der Waals surface area contributed by atoms with Crippen LogP contribution in [0.4, 0.5) is 0 Å². The van der Waals surface area contributed by atoms with Gasteiger partial charge in [0.2, 0.25) is 0 Å². The number of amides is 1. The third-order valence-corrected chi connectivity index (χ3v) is 3.64. The minimum atomic E-state index is -0.695. The Morgan fingerprint density at radius 3 is 2.76 bits per heavy atom. The number of nitrogens with zero attached hydrogens (tertiary/aromatic N) is 1. The van der Waals surface area contributed by atoms with Crippen molar-refractivity contribution in [3.05, 3.63) is 58.6 Å². The molecule has 0 saturated carbocycles. The predicted octanol–water partition coefficient (Wildman–Crippen LogP) is 3.96. The van der Waals surface area contributed by atoms with Crippen molar-refractivity contribution in [3.8, 4) is 11.5 Å². The van der Waals surface area contributed by atoms with Crippen molar-refractivity contribution in [2.45, 2.75) is 26.9 Å². The normalized spacial score (nSPS) is 12.0. The van der Waals surface area contributed by atoms with Crippen molar-refractivity contribution < 1.29 is 14.3 Å². The molecule has 132 valence electrons. The predicted molar refractivity (Wildman–Crippen MR) is 99.6 cm³/mol. The molecular weight excluding hydrogens is 340 g/mol. The number of carbonyl (C=O) groups is 1. The van der Waals surface area contributed by atoms with Crippen molar-refractivity contribution in [1.82, 2.24) is 5.43 Å². The van der Waals surface area contributed by atoms with Crippen LogP contribution in [-0.4, -0.2) is 24.8 Å². The second-order valence-electron chi connectivity index (χ2n) is 5.37. The lowest BCUT2D eigenvalue weighted by Crippen LogP contribution is -2.33. The summed E-state index contributed by atoms with van der Waals surface area (Å²) < 4.78 is 11.2. The van der Waals surface area contributed by atoms with E-state index in [0.717, 1.165) is 11.1 Å². The van der Waals surface area contributed by atoms with Gasteiger partial charge in [0.05, 0.1) is 12.8 Å². The molecule has 1 N–H and O–H groups in total. The van der Waals surface area contributed by atoms with Crippen LogP contribution in [-0.2, 0) is 4.79 Å². The molecular formula is C19H21ClN2O3. The number of carbonyl (C=O) groups excluding carboxylic acids is 1. The van der Waals surface area contributed by atoms with E-state index in [1.165, 1.54) is 0 Å². The first-order chi connectivity index (χ1) is 12.0. The summed E-state index contributed by atoms with van der Waals surface area (Å²) >= 11 is 5.91. The summed E-state index contributed by atoms with van der Waals surface area (Å²) in [6.45, 7) is 6.00. The monoisotopic (exact) mass is 360 g/mol. The molecule has 2 aromatic rings. The van der Waals surface area contributed by atoms with E-state index in [1.807, 2.05) is 38.1 Å². The number of aryl methyl sites for hydroxylation is 1. The first-order valence-electron chi connectivity index (χ1n) is 7.98. The minimum Gasteiger partial charge on any atom is -0.493 e. The fraction of sp³-hybridized carbons (Fsp3) is 0.263. The molecule has 0 spiro atoms. The van der Waals surface area contributed by atoms with Crippen molar-refractivity contribution in [1.29, 1.82) is 0 Å². The zero-order valence-electron chi connectivity index (χ0n) is 14.5. The van der Waals surface area contributed by atoms with E-state index in [-0.39, 0.29) is 5.91 Å². The lowest BCUT2D eigenvalue weighted by Gasteiger charge is -2.15. The lowest BCUT2D eigenvalue weighted by molar-refractivity contribution is -0.127. The van der Waals surface area contributed by atoms with E-state index < -0.39 is 6.10 Å². The first kappa shape index (κ1) is 18.8. The molecule has 0 bridgehead atoms. The molecule has 5 nitrogen and oxygen atoms in total. The van der Waals surface area contributed by atoms with Crippen LogP contribution < -0.4 is 14.9 Å². The minimum absolute atomic E-state index is 0.348. The average molecular weight is 361 g/mol. The highest BCUT2D eigenvalue weighted by molar-refractivity contribution is 6.30. The fourth-order valence-corrected chi connectivity index (χ4v) is 2.35. The van der Waals surface area contributed by atoms with Crippen LogP contribution >= 0.6 is 11.6 Å². The number of hydrogen-bond donors (Lipinski definition) is 1. The SMILES string of the molecule is CCOc1ccccc1/C=N/NC(=O)C(C)Oc1ccc(Cl)cc1C. The molecule has 1 amide bonds. The Balaban J connectivity index is 1.95. The smallest absolute Gasteiger partial charge is 0.280 e. The molecule has 6 heteroatoms. The van der Waals surface area contributed by atoms with Gasteiger partial charge in [-0.05, 0) is 56.7 Å². The molecule has 0 radical (unpaired) electrons. The molecule has 2 rings (SSSR count). The molecule has 0 aliphatic rings. The van der Waals surface area contributed by atoms with E-state index in [9.17, 15) is 4.79 Å². The number of halogens is 1. The number of rotatable bonds is 7. The fourth-order valence-electron chi connectivity index (χ4n) is 2.12. The summed E-state index contributed by atoms with van der Waals surface area (Å²) in [5, 5.41) is 4.60. The van der Waals surface area contributed by atoms with Crippen molar-refractivity contribution >= 4 is 23.7 Å². The van der Waals surface area contributed by atoms with Crippen LogP contribution in [0.3, 0.4) is 0 Å². The van der Waals surface area contributed by atoms with Gasteiger partial charge in [-0.3, -0.25) is 4.79 Å². The Kier molecular flexibility index (Phi) is 6.83. The van der Waals surface area contributed by atoms with Crippen molar-refractivity contribution in [3.63, 3.8) is 0 Å². The summed E-state index contributed by atoms with van der Waals surface area (Å²) in [7, 11) is 0. The standard InChI is InChI=1S/C19H21ClN2O3/c1-4-24-18-8-6-5-7-15(18)12-21-22-19(23)14(3)25-17-10-9-16(20)11-13(17)2/h5-12,14H,4H2,1-3H3,(H,22,23)/b21-12+. The zero-order valence-corrected chi connectivity index (χ0v) is 15.2. The second kappa shape index (κ2) is 9.08. The maximum Gasteiger partial charge on any atom is 0.280 e. The molecule has 0 aliphatic carbocycles. The van der Waals surface area contributed by atoms with Crippen LogP contribution in [0.5, 0.6) is 11.5 Å². The first-order valence-corrected chi connectivity index (χ1v) is 8.36. The van der Waals surface area contributed by atoms with Crippen LogP contribution in [0, 0.1) is 6.92 Å². The second-order valence-corrected chi connectivity index (χ2v) is 5.81. The molecule has 0 heterocycles. The Morgan fingerprint density at radius 2 is 2.04 bits per heavy atom. The maximum atomic E-state index is 12.1. The highest BCUT2D eigenvalue weighted by atomic mass is 35.5. The quantitative estimate of drug-likeness (QED) is 0.600. The molecule has 25 heavy (non-hydrogen) atoms. The lowest BCUT2D eigenvalue weighted by atomic mass is 10.2. The van der Waals surface area contributed by atoms with E-state index in [1.54, 1.807) is 31.3 Å². The third kappa shape index (κ3) is 5.50. The summed E-state index contributed by atoms with van der Waals surface area (Å²) in [5.74, 6) is 0.973. The Bertz CT molecular complexity index is 762. The summed E-state index contributed by atoms with van der Waals surface area (Å²) in [4.78, 5) is 12.1. The number of ether oxygens (including phenoxy) is 2. The van der Waals surface area contributed by atoms with Gasteiger partial charge in [0.25, 0.3) is 5.91 Å². The van der Waals surface area contributed by atoms with Crippen molar-refractivity contribution in [2.75, 3.05) is 6.61 Å². The van der Waals surface area contributed by atoms with Gasteiger partial charge in [0.1, 0.15) is 11.5 Å². The van der Waals surface area contributed by atoms with Crippen LogP contribution in [0.15, 0.2) is 47.6 Å². The number of para-hydroxylation sites is 1. The molecule has 0 fully saturated rings. The van der Waals surface area contributed by atoms with Gasteiger partial charge in [-0.15, -0.1) is 0 Å². The molecule has 0 aromatic heterocycles. The average Bonchev–Trinajstić information content (AvgIpc) is 2.59. The number of nitrogens with one attached hydrogen (secondary N) is 1.